The minimum atomic E-state index is -4.23. The number of carbonyl (C=O) groups excluding carboxylic acids is 1. The van der Waals surface area contributed by atoms with Gasteiger partial charge in [-0.1, -0.05) is 36.4 Å². The number of nitrogens with zero attached hydrogens (tertiary/aromatic N) is 1. The van der Waals surface area contributed by atoms with Crippen LogP contribution in [0.2, 0.25) is 0 Å². The van der Waals surface area contributed by atoms with Gasteiger partial charge in [0.2, 0.25) is 0 Å². The number of carbonyl (C=O) groups is 1. The Balaban J connectivity index is 1.76. The number of benzene rings is 1. The van der Waals surface area contributed by atoms with Crippen LogP contribution in [0.1, 0.15) is 43.7 Å². The van der Waals surface area contributed by atoms with Gasteiger partial charge in [0.25, 0.3) is 0 Å². The number of sulfone groups is 1. The van der Waals surface area contributed by atoms with Gasteiger partial charge >= 0.3 is 12.2 Å². The fourth-order valence-electron chi connectivity index (χ4n) is 4.02. The summed E-state index contributed by atoms with van der Waals surface area (Å²) in [6.45, 7) is 0.222. The molecule has 0 radical (unpaired) electrons. The standard InChI is InChI=1S/C21H27F3N2O3S/c1-30(28,29)12-10-18(16-7-8-16)25-20(27)26-11-9-15(14-21(22,23)24)13-19(26)17-5-3-2-4-6-17/h2-6,10,12,15-16,18-19H,7-9,11,13-14H2,1H3,(H,25,27)/b12-10+/t15?,18-,19?/m1/s1. The summed E-state index contributed by atoms with van der Waals surface area (Å²) in [5, 5.41) is 4.00. The molecule has 1 aliphatic heterocycles. The fourth-order valence-corrected chi connectivity index (χ4v) is 4.47. The molecular formula is C21H27F3N2O3S. The van der Waals surface area contributed by atoms with Crippen LogP contribution in [0.5, 0.6) is 0 Å². The summed E-state index contributed by atoms with van der Waals surface area (Å²) in [7, 11) is -3.32. The third-order valence-electron chi connectivity index (χ3n) is 5.63. The summed E-state index contributed by atoms with van der Waals surface area (Å²) in [6, 6.07) is 7.85. The Kier molecular flexibility index (Phi) is 6.79. The topological polar surface area (TPSA) is 66.5 Å². The number of urea groups is 1. The van der Waals surface area contributed by atoms with Crippen molar-refractivity contribution < 1.29 is 26.4 Å². The van der Waals surface area contributed by atoms with Crippen molar-refractivity contribution in [3.05, 3.63) is 47.4 Å². The van der Waals surface area contributed by atoms with E-state index in [4.69, 9.17) is 0 Å². The summed E-state index contributed by atoms with van der Waals surface area (Å²) in [5.41, 5.74) is 0.800. The monoisotopic (exact) mass is 444 g/mol. The number of halogens is 3. The molecule has 1 aromatic rings. The molecule has 1 aromatic carbocycles. The van der Waals surface area contributed by atoms with E-state index in [9.17, 15) is 26.4 Å². The van der Waals surface area contributed by atoms with Crippen molar-refractivity contribution in [3.63, 3.8) is 0 Å². The van der Waals surface area contributed by atoms with Crippen molar-refractivity contribution >= 4 is 15.9 Å². The Bertz CT molecular complexity index is 867. The van der Waals surface area contributed by atoms with Crippen LogP contribution >= 0.6 is 0 Å². The molecule has 0 bridgehead atoms. The van der Waals surface area contributed by atoms with Crippen molar-refractivity contribution in [2.75, 3.05) is 12.8 Å². The number of hydrogen-bond acceptors (Lipinski definition) is 3. The largest absolute Gasteiger partial charge is 0.389 e. The first kappa shape index (κ1) is 22.7. The van der Waals surface area contributed by atoms with Crippen molar-refractivity contribution in [1.82, 2.24) is 10.2 Å². The summed E-state index contributed by atoms with van der Waals surface area (Å²) < 4.78 is 61.7. The van der Waals surface area contributed by atoms with Gasteiger partial charge in [-0.3, -0.25) is 0 Å². The summed E-state index contributed by atoms with van der Waals surface area (Å²) in [6.07, 6.45) is -0.181. The van der Waals surface area contributed by atoms with E-state index in [-0.39, 0.29) is 31.3 Å². The second-order valence-electron chi connectivity index (χ2n) is 8.30. The highest BCUT2D eigenvalue weighted by atomic mass is 32.2. The van der Waals surface area contributed by atoms with Crippen LogP contribution in [0, 0.1) is 11.8 Å². The fraction of sp³-hybridized carbons (Fsp3) is 0.571. The summed E-state index contributed by atoms with van der Waals surface area (Å²) in [5.74, 6) is -0.353. The van der Waals surface area contributed by atoms with Gasteiger partial charge < -0.3 is 10.2 Å². The van der Waals surface area contributed by atoms with E-state index < -0.39 is 40.4 Å². The van der Waals surface area contributed by atoms with Crippen LogP contribution in [-0.4, -0.2) is 44.4 Å². The highest BCUT2D eigenvalue weighted by Crippen LogP contribution is 2.40. The van der Waals surface area contributed by atoms with Gasteiger partial charge in [0.15, 0.2) is 9.84 Å². The van der Waals surface area contributed by atoms with Crippen LogP contribution in [-0.2, 0) is 9.84 Å². The van der Waals surface area contributed by atoms with Gasteiger partial charge in [0.1, 0.15) is 0 Å². The van der Waals surface area contributed by atoms with Crippen molar-refractivity contribution in [3.8, 4) is 0 Å². The Labute approximate surface area is 175 Å². The van der Waals surface area contributed by atoms with Gasteiger partial charge in [-0.05, 0) is 43.1 Å². The Morgan fingerprint density at radius 1 is 1.23 bits per heavy atom. The maximum atomic E-state index is 13.1. The number of amides is 2. The molecule has 30 heavy (non-hydrogen) atoms. The molecule has 166 valence electrons. The van der Waals surface area contributed by atoms with Gasteiger partial charge in [-0.25, -0.2) is 13.2 Å². The predicted octanol–water partition coefficient (Wildman–Crippen LogP) is 4.44. The number of hydrogen-bond donors (Lipinski definition) is 1. The molecule has 0 spiro atoms. The maximum absolute atomic E-state index is 13.1. The molecule has 1 N–H and O–H groups in total. The first-order valence-corrected chi connectivity index (χ1v) is 12.0. The van der Waals surface area contributed by atoms with Crippen molar-refractivity contribution in [1.29, 1.82) is 0 Å². The third-order valence-corrected chi connectivity index (χ3v) is 6.28. The quantitative estimate of drug-likeness (QED) is 0.706. The summed E-state index contributed by atoms with van der Waals surface area (Å²) >= 11 is 0. The number of piperidine rings is 1. The molecular weight excluding hydrogens is 417 g/mol. The zero-order chi connectivity index (χ0) is 21.9. The molecule has 2 amide bonds. The van der Waals surface area contributed by atoms with Gasteiger partial charge in [-0.2, -0.15) is 13.2 Å². The van der Waals surface area contributed by atoms with Gasteiger partial charge in [-0.15, -0.1) is 0 Å². The molecule has 1 aliphatic carbocycles. The number of alkyl halides is 3. The lowest BCUT2D eigenvalue weighted by molar-refractivity contribution is -0.148. The first-order chi connectivity index (χ1) is 14.0. The molecule has 1 saturated heterocycles. The van der Waals surface area contributed by atoms with Crippen molar-refractivity contribution in [2.24, 2.45) is 11.8 Å². The van der Waals surface area contributed by atoms with E-state index in [1.54, 1.807) is 17.0 Å². The Morgan fingerprint density at radius 2 is 1.90 bits per heavy atom. The highest BCUT2D eigenvalue weighted by molar-refractivity contribution is 7.93. The van der Waals surface area contributed by atoms with Crippen molar-refractivity contribution in [2.45, 2.75) is 50.4 Å². The normalized spacial score (nSPS) is 24.1. The lowest BCUT2D eigenvalue weighted by atomic mass is 9.85. The molecule has 0 aromatic heterocycles. The minimum Gasteiger partial charge on any atom is -0.331 e. The zero-order valence-electron chi connectivity index (χ0n) is 16.8. The van der Waals surface area contributed by atoms with E-state index in [1.165, 1.54) is 6.08 Å². The summed E-state index contributed by atoms with van der Waals surface area (Å²) in [4.78, 5) is 14.6. The van der Waals surface area contributed by atoms with Crippen LogP contribution in [0.15, 0.2) is 41.8 Å². The number of rotatable bonds is 6. The number of nitrogens with one attached hydrogen (secondary N) is 1. The molecule has 1 saturated carbocycles. The molecule has 2 aliphatic rings. The smallest absolute Gasteiger partial charge is 0.331 e. The predicted molar refractivity (Wildman–Crippen MR) is 108 cm³/mol. The average molecular weight is 445 g/mol. The molecule has 3 rings (SSSR count). The van der Waals surface area contributed by atoms with E-state index >= 15 is 0 Å². The second kappa shape index (κ2) is 8.99. The first-order valence-electron chi connectivity index (χ1n) is 10.1. The lowest BCUT2D eigenvalue weighted by Gasteiger charge is -2.40. The average Bonchev–Trinajstić information content (AvgIpc) is 3.48. The molecule has 1 heterocycles. The van der Waals surface area contributed by atoms with E-state index in [0.717, 1.165) is 30.1 Å². The van der Waals surface area contributed by atoms with E-state index in [1.807, 2.05) is 18.2 Å². The SMILES string of the molecule is CS(=O)(=O)/C=C/[C@@H](NC(=O)N1CCC(CC(F)(F)F)CC1c1ccccc1)C1CC1. The van der Waals surface area contributed by atoms with Crippen LogP contribution in [0.25, 0.3) is 0 Å². The molecule has 2 unspecified atom stereocenters. The highest BCUT2D eigenvalue weighted by Gasteiger charge is 2.40. The third kappa shape index (κ3) is 6.75. The van der Waals surface area contributed by atoms with E-state index in [2.05, 4.69) is 5.32 Å². The Morgan fingerprint density at radius 3 is 2.47 bits per heavy atom. The molecule has 9 heteroatoms. The van der Waals surface area contributed by atoms with Crippen LogP contribution in [0.3, 0.4) is 0 Å². The minimum absolute atomic E-state index is 0.185. The van der Waals surface area contributed by atoms with E-state index in [0.29, 0.717) is 0 Å². The zero-order valence-corrected chi connectivity index (χ0v) is 17.6. The number of likely N-dealkylation sites (tertiary alicyclic amines) is 1. The molecule has 5 nitrogen and oxygen atoms in total. The molecule has 2 fully saturated rings. The van der Waals surface area contributed by atoms with Crippen LogP contribution < -0.4 is 5.32 Å². The lowest BCUT2D eigenvalue weighted by Crippen LogP contribution is -2.49. The van der Waals surface area contributed by atoms with Gasteiger partial charge in [0.05, 0.1) is 12.1 Å². The molecule has 3 atom stereocenters. The van der Waals surface area contributed by atoms with Gasteiger partial charge in [0, 0.05) is 24.6 Å². The van der Waals surface area contributed by atoms with Crippen LogP contribution in [0.4, 0.5) is 18.0 Å². The maximum Gasteiger partial charge on any atom is 0.389 e. The second-order valence-corrected chi connectivity index (χ2v) is 10.2. The Hall–Kier alpha value is -2.03.